The molecule has 1 saturated heterocycles. The van der Waals surface area contributed by atoms with Gasteiger partial charge in [0, 0.05) is 37.7 Å². The molecule has 21 heavy (non-hydrogen) atoms. The number of amides is 1. The van der Waals surface area contributed by atoms with Gasteiger partial charge in [0.2, 0.25) is 0 Å². The molecule has 0 saturated carbocycles. The van der Waals surface area contributed by atoms with Crippen LogP contribution in [-0.2, 0) is 4.79 Å². The van der Waals surface area contributed by atoms with Crippen molar-refractivity contribution in [3.05, 3.63) is 40.9 Å². The summed E-state index contributed by atoms with van der Waals surface area (Å²) in [5.41, 5.74) is 0. The Morgan fingerprint density at radius 2 is 2.00 bits per heavy atom. The zero-order valence-electron chi connectivity index (χ0n) is 11.7. The lowest BCUT2D eigenvalue weighted by Crippen LogP contribution is -2.49. The van der Waals surface area contributed by atoms with Crippen molar-refractivity contribution in [2.24, 2.45) is 0 Å². The number of halogens is 2. The Hall–Kier alpha value is -1.23. The van der Waals surface area contributed by atoms with Gasteiger partial charge in [-0.05, 0) is 18.2 Å². The minimum absolute atomic E-state index is 0.0111. The zero-order chi connectivity index (χ0) is 15.2. The fraction of sp³-hybridized carbons (Fsp3) is 0.400. The van der Waals surface area contributed by atoms with Crippen LogP contribution in [-0.4, -0.2) is 55.0 Å². The van der Waals surface area contributed by atoms with Crippen molar-refractivity contribution >= 4 is 29.1 Å². The van der Waals surface area contributed by atoms with E-state index >= 15 is 0 Å². The highest BCUT2D eigenvalue weighted by atomic mass is 35.5. The molecule has 6 heteroatoms. The molecule has 4 nitrogen and oxygen atoms in total. The molecule has 2 rings (SSSR count). The van der Waals surface area contributed by atoms with Gasteiger partial charge in [0.25, 0.3) is 5.91 Å². The van der Waals surface area contributed by atoms with Gasteiger partial charge in [-0.1, -0.05) is 29.3 Å². The maximum atomic E-state index is 12.1. The lowest BCUT2D eigenvalue weighted by atomic mass is 10.3. The standard InChI is InChI=1S/C15H18Cl2N2O2/c1-2-5-18-6-8-19(9-7-18)15(20)11-21-14-4-3-12(16)10-13(14)17/h2-4,10H,1,5-9,11H2. The molecule has 0 aliphatic carbocycles. The Balaban J connectivity index is 1.81. The quantitative estimate of drug-likeness (QED) is 0.779. The van der Waals surface area contributed by atoms with Crippen LogP contribution in [0.3, 0.4) is 0 Å². The van der Waals surface area contributed by atoms with E-state index in [0.29, 0.717) is 28.9 Å². The molecule has 1 aromatic rings. The average molecular weight is 329 g/mol. The molecule has 0 spiro atoms. The third-order valence-corrected chi connectivity index (χ3v) is 3.89. The predicted molar refractivity (Wildman–Crippen MR) is 85.2 cm³/mol. The van der Waals surface area contributed by atoms with E-state index in [-0.39, 0.29) is 12.5 Å². The van der Waals surface area contributed by atoms with Crippen LogP contribution in [0.15, 0.2) is 30.9 Å². The minimum atomic E-state index is -0.0285. The first-order chi connectivity index (χ1) is 10.1. The van der Waals surface area contributed by atoms with Gasteiger partial charge in [-0.2, -0.15) is 0 Å². The maximum absolute atomic E-state index is 12.1. The largest absolute Gasteiger partial charge is 0.482 e. The third kappa shape index (κ3) is 4.63. The first-order valence-corrected chi connectivity index (χ1v) is 7.54. The second-order valence-electron chi connectivity index (χ2n) is 4.83. The smallest absolute Gasteiger partial charge is 0.260 e. The van der Waals surface area contributed by atoms with Gasteiger partial charge in [-0.3, -0.25) is 9.69 Å². The molecule has 1 heterocycles. The van der Waals surface area contributed by atoms with Crippen LogP contribution in [0.25, 0.3) is 0 Å². The van der Waals surface area contributed by atoms with Gasteiger partial charge in [-0.25, -0.2) is 0 Å². The zero-order valence-corrected chi connectivity index (χ0v) is 13.2. The van der Waals surface area contributed by atoms with Crippen LogP contribution in [0.1, 0.15) is 0 Å². The van der Waals surface area contributed by atoms with Gasteiger partial charge in [0.05, 0.1) is 5.02 Å². The van der Waals surface area contributed by atoms with E-state index in [4.69, 9.17) is 27.9 Å². The van der Waals surface area contributed by atoms with Crippen molar-refractivity contribution in [3.8, 4) is 5.75 Å². The molecular formula is C15H18Cl2N2O2. The van der Waals surface area contributed by atoms with Gasteiger partial charge < -0.3 is 9.64 Å². The van der Waals surface area contributed by atoms with E-state index in [9.17, 15) is 4.79 Å². The number of hydrogen-bond acceptors (Lipinski definition) is 3. The summed E-state index contributed by atoms with van der Waals surface area (Å²) in [4.78, 5) is 16.2. The van der Waals surface area contributed by atoms with E-state index in [0.717, 1.165) is 19.6 Å². The molecule has 1 aliphatic heterocycles. The van der Waals surface area contributed by atoms with E-state index in [1.165, 1.54) is 0 Å². The lowest BCUT2D eigenvalue weighted by Gasteiger charge is -2.34. The van der Waals surface area contributed by atoms with Crippen molar-refractivity contribution in [1.82, 2.24) is 9.80 Å². The summed E-state index contributed by atoms with van der Waals surface area (Å²) in [6, 6.07) is 4.94. The lowest BCUT2D eigenvalue weighted by molar-refractivity contribution is -0.135. The first-order valence-electron chi connectivity index (χ1n) is 6.79. The van der Waals surface area contributed by atoms with Crippen LogP contribution < -0.4 is 4.74 Å². The van der Waals surface area contributed by atoms with E-state index < -0.39 is 0 Å². The Morgan fingerprint density at radius 1 is 1.29 bits per heavy atom. The van der Waals surface area contributed by atoms with E-state index in [1.807, 2.05) is 11.0 Å². The van der Waals surface area contributed by atoms with Crippen LogP contribution in [0.5, 0.6) is 5.75 Å². The number of carbonyl (C=O) groups excluding carboxylic acids is 1. The number of piperazine rings is 1. The Bertz CT molecular complexity index is 514. The van der Waals surface area contributed by atoms with Crippen molar-refractivity contribution in [3.63, 3.8) is 0 Å². The number of carbonyl (C=O) groups is 1. The SMILES string of the molecule is C=CCN1CCN(C(=O)COc2ccc(Cl)cc2Cl)CC1. The summed E-state index contributed by atoms with van der Waals surface area (Å²) in [5, 5.41) is 0.947. The normalized spacial score (nSPS) is 15.8. The molecular weight excluding hydrogens is 311 g/mol. The minimum Gasteiger partial charge on any atom is -0.482 e. The summed E-state index contributed by atoms with van der Waals surface area (Å²) >= 11 is 11.8. The molecule has 114 valence electrons. The Kier molecular flexibility index (Phi) is 5.91. The number of nitrogens with zero attached hydrogens (tertiary/aromatic N) is 2. The fourth-order valence-corrected chi connectivity index (χ4v) is 2.65. The van der Waals surface area contributed by atoms with Crippen LogP contribution in [0.2, 0.25) is 10.0 Å². The summed E-state index contributed by atoms with van der Waals surface area (Å²) in [6.07, 6.45) is 1.88. The van der Waals surface area contributed by atoms with E-state index in [2.05, 4.69) is 11.5 Å². The highest BCUT2D eigenvalue weighted by molar-refractivity contribution is 6.35. The summed E-state index contributed by atoms with van der Waals surface area (Å²) < 4.78 is 5.47. The summed E-state index contributed by atoms with van der Waals surface area (Å²) in [5.74, 6) is 0.443. The molecule has 0 aromatic heterocycles. The van der Waals surface area contributed by atoms with Gasteiger partial charge in [-0.15, -0.1) is 6.58 Å². The molecule has 0 N–H and O–H groups in total. The number of ether oxygens (including phenoxy) is 1. The second-order valence-corrected chi connectivity index (χ2v) is 5.68. The van der Waals surface area contributed by atoms with Crippen LogP contribution >= 0.6 is 23.2 Å². The van der Waals surface area contributed by atoms with Crippen molar-refractivity contribution in [1.29, 1.82) is 0 Å². The predicted octanol–water partition coefficient (Wildman–Crippen LogP) is 2.70. The second kappa shape index (κ2) is 7.69. The van der Waals surface area contributed by atoms with Crippen molar-refractivity contribution < 1.29 is 9.53 Å². The molecule has 1 aliphatic rings. The average Bonchev–Trinajstić information content (AvgIpc) is 2.47. The molecule has 1 fully saturated rings. The van der Waals surface area contributed by atoms with Gasteiger partial charge >= 0.3 is 0 Å². The van der Waals surface area contributed by atoms with Crippen molar-refractivity contribution in [2.45, 2.75) is 0 Å². The summed E-state index contributed by atoms with van der Waals surface area (Å²) in [6.45, 7) is 7.72. The van der Waals surface area contributed by atoms with Gasteiger partial charge in [0.1, 0.15) is 5.75 Å². The highest BCUT2D eigenvalue weighted by Crippen LogP contribution is 2.27. The topological polar surface area (TPSA) is 32.8 Å². The molecule has 0 radical (unpaired) electrons. The van der Waals surface area contributed by atoms with Crippen LogP contribution in [0.4, 0.5) is 0 Å². The maximum Gasteiger partial charge on any atom is 0.260 e. The molecule has 1 amide bonds. The van der Waals surface area contributed by atoms with Crippen molar-refractivity contribution in [2.75, 3.05) is 39.3 Å². The van der Waals surface area contributed by atoms with Crippen LogP contribution in [0, 0.1) is 0 Å². The number of rotatable bonds is 5. The molecule has 0 unspecified atom stereocenters. The Morgan fingerprint density at radius 3 is 2.62 bits per heavy atom. The highest BCUT2D eigenvalue weighted by Gasteiger charge is 2.20. The Labute approximate surface area is 134 Å². The molecule has 0 bridgehead atoms. The molecule has 0 atom stereocenters. The number of benzene rings is 1. The molecule has 1 aromatic carbocycles. The van der Waals surface area contributed by atoms with Gasteiger partial charge in [0.15, 0.2) is 6.61 Å². The first kappa shape index (κ1) is 16.1. The third-order valence-electron chi connectivity index (χ3n) is 3.36. The number of hydrogen-bond donors (Lipinski definition) is 0. The summed E-state index contributed by atoms with van der Waals surface area (Å²) in [7, 11) is 0. The fourth-order valence-electron chi connectivity index (χ4n) is 2.19. The van der Waals surface area contributed by atoms with E-state index in [1.54, 1.807) is 18.2 Å². The monoisotopic (exact) mass is 328 g/mol.